The molecule has 0 aliphatic rings. The van der Waals surface area contributed by atoms with Gasteiger partial charge in [-0.2, -0.15) is 5.26 Å². The van der Waals surface area contributed by atoms with E-state index in [2.05, 4.69) is 0 Å². The van der Waals surface area contributed by atoms with Crippen molar-refractivity contribution >= 4 is 18.1 Å². The van der Waals surface area contributed by atoms with Crippen LogP contribution in [0.25, 0.3) is 0 Å². The van der Waals surface area contributed by atoms with Gasteiger partial charge >= 0.3 is 5.69 Å². The molecular formula is C9H10ClN3O3. The molecule has 7 heteroatoms. The molecule has 0 amide bonds. The summed E-state index contributed by atoms with van der Waals surface area (Å²) in [6.45, 7) is 0. The van der Waals surface area contributed by atoms with Crippen LogP contribution >= 0.6 is 12.4 Å². The van der Waals surface area contributed by atoms with Gasteiger partial charge in [-0.15, -0.1) is 12.4 Å². The summed E-state index contributed by atoms with van der Waals surface area (Å²) >= 11 is 0. The van der Waals surface area contributed by atoms with Crippen LogP contribution in [0.15, 0.2) is 18.2 Å². The molecule has 0 radical (unpaired) electrons. The SMILES string of the molecule is Cl.N#CC[C@H](N)c1ccc(O)c([N+](=O)[O-])c1. The maximum absolute atomic E-state index is 10.5. The molecule has 0 fully saturated rings. The first-order valence-electron chi connectivity index (χ1n) is 4.16. The Kier molecular flexibility index (Phi) is 5.22. The fraction of sp³-hybridized carbons (Fsp3) is 0.222. The van der Waals surface area contributed by atoms with Gasteiger partial charge in [0.2, 0.25) is 0 Å². The fourth-order valence-corrected chi connectivity index (χ4v) is 1.13. The Hall–Kier alpha value is -1.84. The van der Waals surface area contributed by atoms with Gasteiger partial charge in [-0.25, -0.2) is 0 Å². The lowest BCUT2D eigenvalue weighted by molar-refractivity contribution is -0.385. The van der Waals surface area contributed by atoms with E-state index < -0.39 is 22.4 Å². The second kappa shape index (κ2) is 5.90. The molecule has 3 N–H and O–H groups in total. The number of rotatable bonds is 3. The molecule has 0 heterocycles. The van der Waals surface area contributed by atoms with Crippen molar-refractivity contribution in [2.45, 2.75) is 12.5 Å². The molecule has 0 aliphatic carbocycles. The molecule has 0 saturated heterocycles. The number of aromatic hydroxyl groups is 1. The summed E-state index contributed by atoms with van der Waals surface area (Å²) < 4.78 is 0. The summed E-state index contributed by atoms with van der Waals surface area (Å²) in [5.41, 5.74) is 5.66. The van der Waals surface area contributed by atoms with Crippen molar-refractivity contribution in [2.75, 3.05) is 0 Å². The van der Waals surface area contributed by atoms with Gasteiger partial charge in [0, 0.05) is 12.1 Å². The van der Waals surface area contributed by atoms with Gasteiger partial charge in [0.1, 0.15) is 0 Å². The topological polar surface area (TPSA) is 113 Å². The van der Waals surface area contributed by atoms with Crippen molar-refractivity contribution in [1.82, 2.24) is 0 Å². The number of nitriles is 1. The predicted octanol–water partition coefficient (Wildman–Crippen LogP) is 1.64. The Bertz CT molecular complexity index is 430. The van der Waals surface area contributed by atoms with Gasteiger partial charge < -0.3 is 10.8 Å². The molecule has 0 aliphatic heterocycles. The largest absolute Gasteiger partial charge is 0.502 e. The van der Waals surface area contributed by atoms with E-state index in [0.29, 0.717) is 5.56 Å². The monoisotopic (exact) mass is 243 g/mol. The number of nitrogens with two attached hydrogens (primary N) is 1. The zero-order valence-corrected chi connectivity index (χ0v) is 8.98. The Morgan fingerprint density at radius 3 is 2.75 bits per heavy atom. The lowest BCUT2D eigenvalue weighted by atomic mass is 10.0. The Balaban J connectivity index is 0.00000225. The standard InChI is InChI=1S/C9H9N3O3.ClH/c10-4-3-7(11)6-1-2-9(13)8(5-6)12(14)15;/h1-2,5,7,13H,3,11H2;1H/t7-;/m0./s1. The molecule has 0 aromatic heterocycles. The molecule has 0 saturated carbocycles. The van der Waals surface area contributed by atoms with Gasteiger partial charge in [-0.3, -0.25) is 10.1 Å². The van der Waals surface area contributed by atoms with E-state index in [1.54, 1.807) is 0 Å². The highest BCUT2D eigenvalue weighted by atomic mass is 35.5. The lowest BCUT2D eigenvalue weighted by Gasteiger charge is -2.07. The van der Waals surface area contributed by atoms with Crippen molar-refractivity contribution in [3.8, 4) is 11.8 Å². The minimum atomic E-state index is -0.697. The summed E-state index contributed by atoms with van der Waals surface area (Å²) in [5, 5.41) is 28.1. The molecule has 0 unspecified atom stereocenters. The molecule has 1 rings (SSSR count). The van der Waals surface area contributed by atoms with Crippen LogP contribution in [0.1, 0.15) is 18.0 Å². The van der Waals surface area contributed by atoms with Crippen LogP contribution in [0.3, 0.4) is 0 Å². The van der Waals surface area contributed by atoms with Gasteiger partial charge in [-0.05, 0) is 11.6 Å². The summed E-state index contributed by atoms with van der Waals surface area (Å²) in [7, 11) is 0. The Labute approximate surface area is 97.9 Å². The van der Waals surface area contributed by atoms with Crippen LogP contribution in [0, 0.1) is 21.4 Å². The molecule has 0 bridgehead atoms. The summed E-state index contributed by atoms with van der Waals surface area (Å²) in [6, 6.07) is 5.14. The van der Waals surface area contributed by atoms with Crippen molar-refractivity contribution in [3.63, 3.8) is 0 Å². The minimum absolute atomic E-state index is 0. The quantitative estimate of drug-likeness (QED) is 0.619. The number of nitro groups is 1. The summed E-state index contributed by atoms with van der Waals surface area (Å²) in [6.07, 6.45) is 0.0714. The first kappa shape index (κ1) is 14.2. The Morgan fingerprint density at radius 1 is 1.62 bits per heavy atom. The van der Waals surface area contributed by atoms with Gasteiger partial charge in [0.05, 0.1) is 17.4 Å². The highest BCUT2D eigenvalue weighted by Gasteiger charge is 2.16. The first-order chi connectivity index (χ1) is 7.06. The maximum atomic E-state index is 10.5. The normalized spacial score (nSPS) is 11.0. The average Bonchev–Trinajstić information content (AvgIpc) is 2.18. The van der Waals surface area contributed by atoms with E-state index >= 15 is 0 Å². The van der Waals surface area contributed by atoms with Crippen LogP contribution in [0.5, 0.6) is 5.75 Å². The second-order valence-corrected chi connectivity index (χ2v) is 2.97. The molecule has 1 aromatic rings. The maximum Gasteiger partial charge on any atom is 0.311 e. The molecule has 86 valence electrons. The van der Waals surface area contributed by atoms with E-state index in [0.717, 1.165) is 0 Å². The third-order valence-electron chi connectivity index (χ3n) is 1.94. The van der Waals surface area contributed by atoms with Crippen molar-refractivity contribution in [2.24, 2.45) is 5.73 Å². The zero-order chi connectivity index (χ0) is 11.4. The summed E-state index contributed by atoms with van der Waals surface area (Å²) in [4.78, 5) is 9.80. The molecule has 1 atom stereocenters. The third-order valence-corrected chi connectivity index (χ3v) is 1.94. The van der Waals surface area contributed by atoms with Crippen LogP contribution in [-0.4, -0.2) is 10.0 Å². The van der Waals surface area contributed by atoms with Crippen molar-refractivity contribution in [3.05, 3.63) is 33.9 Å². The van der Waals surface area contributed by atoms with Gasteiger partial charge in [0.25, 0.3) is 0 Å². The van der Waals surface area contributed by atoms with Crippen LogP contribution in [-0.2, 0) is 0 Å². The number of phenols is 1. The van der Waals surface area contributed by atoms with E-state index in [1.807, 2.05) is 6.07 Å². The molecule has 16 heavy (non-hydrogen) atoms. The van der Waals surface area contributed by atoms with Crippen molar-refractivity contribution in [1.29, 1.82) is 5.26 Å². The lowest BCUT2D eigenvalue weighted by Crippen LogP contribution is -2.09. The van der Waals surface area contributed by atoms with Gasteiger partial charge in [-0.1, -0.05) is 6.07 Å². The Morgan fingerprint density at radius 2 is 2.25 bits per heavy atom. The number of halogens is 1. The predicted molar refractivity (Wildman–Crippen MR) is 59.2 cm³/mol. The van der Waals surface area contributed by atoms with Crippen molar-refractivity contribution < 1.29 is 10.0 Å². The summed E-state index contributed by atoms with van der Waals surface area (Å²) in [5.74, 6) is -0.409. The van der Waals surface area contributed by atoms with E-state index in [-0.39, 0.29) is 18.8 Å². The molecular weight excluding hydrogens is 234 g/mol. The molecule has 0 spiro atoms. The van der Waals surface area contributed by atoms with E-state index in [4.69, 9.17) is 16.1 Å². The number of hydrogen-bond donors (Lipinski definition) is 2. The third kappa shape index (κ3) is 3.08. The molecule has 6 nitrogen and oxygen atoms in total. The minimum Gasteiger partial charge on any atom is -0.502 e. The van der Waals surface area contributed by atoms with Crippen LogP contribution < -0.4 is 5.73 Å². The van der Waals surface area contributed by atoms with E-state index in [1.165, 1.54) is 18.2 Å². The number of nitro benzene ring substituents is 1. The van der Waals surface area contributed by atoms with Gasteiger partial charge in [0.15, 0.2) is 5.75 Å². The number of benzene rings is 1. The van der Waals surface area contributed by atoms with Crippen LogP contribution in [0.2, 0.25) is 0 Å². The first-order valence-corrected chi connectivity index (χ1v) is 4.16. The number of nitrogens with zero attached hydrogens (tertiary/aromatic N) is 2. The average molecular weight is 244 g/mol. The molecule has 1 aromatic carbocycles. The van der Waals surface area contributed by atoms with Crippen LogP contribution in [0.4, 0.5) is 5.69 Å². The number of phenolic OH excluding ortho intramolecular Hbond substituents is 1. The highest BCUT2D eigenvalue weighted by Crippen LogP contribution is 2.28. The number of hydrogen-bond acceptors (Lipinski definition) is 5. The van der Waals surface area contributed by atoms with E-state index in [9.17, 15) is 10.1 Å². The smallest absolute Gasteiger partial charge is 0.311 e. The zero-order valence-electron chi connectivity index (χ0n) is 8.16. The second-order valence-electron chi connectivity index (χ2n) is 2.97. The highest BCUT2D eigenvalue weighted by molar-refractivity contribution is 5.85. The fourth-order valence-electron chi connectivity index (χ4n) is 1.13.